The van der Waals surface area contributed by atoms with Gasteiger partial charge in [0, 0.05) is 13.2 Å². The van der Waals surface area contributed by atoms with E-state index in [1.807, 2.05) is 0 Å². The van der Waals surface area contributed by atoms with E-state index in [1.165, 1.54) is 89.9 Å². The second-order valence-corrected chi connectivity index (χ2v) is 7.44. The third kappa shape index (κ3) is 66.6. The topological polar surface area (TPSA) is 9.23 Å². The van der Waals surface area contributed by atoms with Crippen molar-refractivity contribution >= 4 is 0 Å². The maximum atomic E-state index is 5.13. The minimum atomic E-state index is 0.924. The average Bonchev–Trinajstić information content (AvgIpc) is 2.68. The molecule has 0 N–H and O–H groups in total. The Morgan fingerprint density at radius 1 is 0.296 bits per heavy atom. The van der Waals surface area contributed by atoms with Gasteiger partial charge in [0.2, 0.25) is 0 Å². The molecule has 1 nitrogen and oxygen atoms in total. The molecule has 0 unspecified atom stereocenters. The van der Waals surface area contributed by atoms with Gasteiger partial charge in [-0.05, 0) is 12.8 Å². The van der Waals surface area contributed by atoms with E-state index in [1.54, 1.807) is 0 Å². The van der Waals surface area contributed by atoms with Gasteiger partial charge in [-0.2, -0.15) is 0 Å². The summed E-state index contributed by atoms with van der Waals surface area (Å²) in [5.41, 5.74) is 0. The lowest BCUT2D eigenvalue weighted by Crippen LogP contribution is -1.92. The predicted molar refractivity (Wildman–Crippen MR) is 130 cm³/mol. The zero-order valence-corrected chi connectivity index (χ0v) is 21.1. The highest BCUT2D eigenvalue weighted by Crippen LogP contribution is 2.03. The molecule has 0 rings (SSSR count). The molecule has 0 atom stereocenters. The van der Waals surface area contributed by atoms with Crippen LogP contribution in [-0.4, -0.2) is 13.2 Å². The molecule has 0 saturated heterocycles. The molecule has 0 aromatic carbocycles. The first-order valence-corrected chi connectivity index (χ1v) is 12.7. The molecule has 0 radical (unpaired) electrons. The van der Waals surface area contributed by atoms with Crippen LogP contribution >= 0.6 is 0 Å². The smallest absolute Gasteiger partial charge is 0.0463 e. The number of hydrogen-bond acceptors (Lipinski definition) is 1. The standard InChI is InChI=1S/C8H18.C7H16.C6H14O.C5H12/c1-3-5-7-8-6-4-2;2*1-3-5-7-6-4-2;1-3-5-4-2/h3-8H2,1-2H3;3-7H2,1-2H3;3-6H2,1-2H3;3-5H2,1-2H3. The molecule has 0 aromatic rings. The fourth-order valence-electron chi connectivity index (χ4n) is 2.27. The number of hydrogen-bond donors (Lipinski definition) is 0. The molecule has 0 saturated carbocycles. The van der Waals surface area contributed by atoms with Crippen molar-refractivity contribution in [3.05, 3.63) is 0 Å². The van der Waals surface area contributed by atoms with Crippen molar-refractivity contribution in [3.8, 4) is 0 Å². The van der Waals surface area contributed by atoms with Gasteiger partial charge >= 0.3 is 0 Å². The van der Waals surface area contributed by atoms with Crippen LogP contribution in [0.5, 0.6) is 0 Å². The molecule has 0 fully saturated rings. The summed E-state index contributed by atoms with van der Waals surface area (Å²) >= 11 is 0. The Labute approximate surface area is 176 Å². The Balaban J connectivity index is -0.000000132. The molecule has 0 aliphatic rings. The van der Waals surface area contributed by atoms with Crippen LogP contribution in [0.25, 0.3) is 0 Å². The van der Waals surface area contributed by atoms with Gasteiger partial charge in [0.05, 0.1) is 0 Å². The summed E-state index contributed by atoms with van der Waals surface area (Å²) in [6.07, 6.45) is 21.9. The summed E-state index contributed by atoms with van der Waals surface area (Å²) < 4.78 is 5.13. The first-order valence-electron chi connectivity index (χ1n) is 12.7. The third-order valence-corrected chi connectivity index (χ3v) is 4.07. The number of ether oxygens (including phenoxy) is 1. The minimum Gasteiger partial charge on any atom is -0.381 e. The van der Waals surface area contributed by atoms with E-state index in [0.717, 1.165) is 26.1 Å². The molecule has 0 aliphatic heterocycles. The predicted octanol–water partition coefficient (Wildman–Crippen LogP) is 10.4. The Bertz CT molecular complexity index is 142. The summed E-state index contributed by atoms with van der Waals surface area (Å²) in [5.74, 6) is 0. The van der Waals surface area contributed by atoms with E-state index < -0.39 is 0 Å². The second kappa shape index (κ2) is 45.0. The molecule has 27 heavy (non-hydrogen) atoms. The maximum absolute atomic E-state index is 5.13. The number of unbranched alkanes of at least 4 members (excludes halogenated alkanes) is 11. The minimum absolute atomic E-state index is 0.924. The Morgan fingerprint density at radius 2 is 0.556 bits per heavy atom. The monoisotopic (exact) mass is 388 g/mol. The fourth-order valence-corrected chi connectivity index (χ4v) is 2.27. The van der Waals surface area contributed by atoms with Crippen LogP contribution in [-0.2, 0) is 4.74 Å². The average molecular weight is 389 g/mol. The van der Waals surface area contributed by atoms with Gasteiger partial charge in [-0.25, -0.2) is 0 Å². The van der Waals surface area contributed by atoms with Gasteiger partial charge in [-0.3, -0.25) is 0 Å². The largest absolute Gasteiger partial charge is 0.381 e. The lowest BCUT2D eigenvalue weighted by Gasteiger charge is -1.95. The summed E-state index contributed by atoms with van der Waals surface area (Å²) in [7, 11) is 0. The normalized spacial score (nSPS) is 9.33. The third-order valence-electron chi connectivity index (χ3n) is 4.07. The van der Waals surface area contributed by atoms with Crippen molar-refractivity contribution in [1.82, 2.24) is 0 Å². The maximum Gasteiger partial charge on any atom is 0.0463 e. The van der Waals surface area contributed by atoms with Crippen molar-refractivity contribution < 1.29 is 4.74 Å². The Morgan fingerprint density at radius 3 is 0.741 bits per heavy atom. The van der Waals surface area contributed by atoms with Crippen molar-refractivity contribution in [2.45, 2.75) is 158 Å². The van der Waals surface area contributed by atoms with Crippen LogP contribution in [0.3, 0.4) is 0 Å². The van der Waals surface area contributed by atoms with E-state index in [2.05, 4.69) is 55.4 Å². The van der Waals surface area contributed by atoms with Crippen molar-refractivity contribution in [2.75, 3.05) is 13.2 Å². The first-order chi connectivity index (χ1) is 13.2. The lowest BCUT2D eigenvalue weighted by molar-refractivity contribution is 0.135. The van der Waals surface area contributed by atoms with Gasteiger partial charge < -0.3 is 4.74 Å². The van der Waals surface area contributed by atoms with Crippen LogP contribution in [0, 0.1) is 0 Å². The van der Waals surface area contributed by atoms with Crippen molar-refractivity contribution in [2.24, 2.45) is 0 Å². The molecule has 0 amide bonds. The summed E-state index contributed by atoms with van der Waals surface area (Å²) in [6.45, 7) is 19.5. The molecule has 1 heteroatoms. The molecule has 0 bridgehead atoms. The SMILES string of the molecule is CCCCC.CCCCCCC.CCCCCCCC.CCCOCCC. The zero-order chi connectivity index (χ0) is 21.4. The van der Waals surface area contributed by atoms with Crippen LogP contribution in [0.4, 0.5) is 0 Å². The van der Waals surface area contributed by atoms with E-state index in [4.69, 9.17) is 4.74 Å². The van der Waals surface area contributed by atoms with Gasteiger partial charge in [0.25, 0.3) is 0 Å². The molecule has 0 aliphatic carbocycles. The van der Waals surface area contributed by atoms with Crippen LogP contribution in [0.2, 0.25) is 0 Å². The van der Waals surface area contributed by atoms with E-state index in [9.17, 15) is 0 Å². The van der Waals surface area contributed by atoms with Crippen molar-refractivity contribution in [1.29, 1.82) is 0 Å². The first kappa shape index (κ1) is 34.5. The molecular formula is C26H60O. The summed E-state index contributed by atoms with van der Waals surface area (Å²) in [6, 6.07) is 0. The van der Waals surface area contributed by atoms with Gasteiger partial charge in [-0.15, -0.1) is 0 Å². The highest BCUT2D eigenvalue weighted by Gasteiger charge is 1.83. The fraction of sp³-hybridized carbons (Fsp3) is 1.00. The van der Waals surface area contributed by atoms with Gasteiger partial charge in [-0.1, -0.05) is 145 Å². The Hall–Kier alpha value is -0.0400. The lowest BCUT2D eigenvalue weighted by atomic mass is 10.1. The summed E-state index contributed by atoms with van der Waals surface area (Å²) in [4.78, 5) is 0. The highest BCUT2D eigenvalue weighted by molar-refractivity contribution is 4.39. The van der Waals surface area contributed by atoms with Crippen LogP contribution < -0.4 is 0 Å². The molecule has 0 heterocycles. The van der Waals surface area contributed by atoms with Crippen LogP contribution in [0.15, 0.2) is 0 Å². The second-order valence-electron chi connectivity index (χ2n) is 7.44. The van der Waals surface area contributed by atoms with E-state index in [-0.39, 0.29) is 0 Å². The van der Waals surface area contributed by atoms with E-state index >= 15 is 0 Å². The quantitative estimate of drug-likeness (QED) is 0.253. The molecule has 170 valence electrons. The van der Waals surface area contributed by atoms with Crippen molar-refractivity contribution in [3.63, 3.8) is 0 Å². The molecule has 0 spiro atoms. The van der Waals surface area contributed by atoms with Gasteiger partial charge in [0.15, 0.2) is 0 Å². The number of rotatable bonds is 15. The van der Waals surface area contributed by atoms with Crippen LogP contribution in [0.1, 0.15) is 158 Å². The summed E-state index contributed by atoms with van der Waals surface area (Å²) in [5, 5.41) is 0. The zero-order valence-electron chi connectivity index (χ0n) is 21.1. The highest BCUT2D eigenvalue weighted by atomic mass is 16.5. The van der Waals surface area contributed by atoms with Gasteiger partial charge in [0.1, 0.15) is 0 Å². The van der Waals surface area contributed by atoms with E-state index in [0.29, 0.717) is 0 Å². The molecular weight excluding hydrogens is 328 g/mol. The Kier molecular flexibility index (Phi) is 57.4. The molecule has 0 aromatic heterocycles.